The van der Waals surface area contributed by atoms with Crippen LogP contribution in [0, 0.1) is 40.9 Å². The molecule has 0 spiro atoms. The highest BCUT2D eigenvalue weighted by Gasteiger charge is 2.45. The van der Waals surface area contributed by atoms with E-state index in [0.29, 0.717) is 92.4 Å². The van der Waals surface area contributed by atoms with E-state index < -0.39 is 29.6 Å². The second kappa shape index (κ2) is 30.8. The Hall–Kier alpha value is -2.68. The van der Waals surface area contributed by atoms with Gasteiger partial charge in [-0.25, -0.2) is 0 Å². The second-order valence-corrected chi connectivity index (χ2v) is 27.4. The largest absolute Gasteiger partial charge is 0.391 e. The van der Waals surface area contributed by atoms with Crippen molar-refractivity contribution < 1.29 is 38.6 Å². The number of β-amino-alcohol motifs (C(OH)–C–C–N with tert-alkyl or cyclic N) is 1. The van der Waals surface area contributed by atoms with Crippen LogP contribution in [0.4, 0.5) is 0 Å². The third-order valence-corrected chi connectivity index (χ3v) is 20.6. The van der Waals surface area contributed by atoms with Gasteiger partial charge in [-0.05, 0) is 132 Å². The summed E-state index contributed by atoms with van der Waals surface area (Å²) < 4.78 is 6.18. The predicted molar refractivity (Wildman–Crippen MR) is 302 cm³/mol. The highest BCUT2D eigenvalue weighted by atomic mass is 32.2. The zero-order valence-corrected chi connectivity index (χ0v) is 48.4. The summed E-state index contributed by atoms with van der Waals surface area (Å²) in [5, 5.41) is 37.2. The van der Waals surface area contributed by atoms with Crippen molar-refractivity contribution in [1.29, 1.82) is 0 Å². The normalized spacial score (nSPS) is 31.1. The first-order chi connectivity index (χ1) is 36.6. The van der Waals surface area contributed by atoms with Crippen molar-refractivity contribution in [3.63, 3.8) is 0 Å². The van der Waals surface area contributed by atoms with Crippen LogP contribution in [-0.4, -0.2) is 150 Å². The molecule has 6 amide bonds. The van der Waals surface area contributed by atoms with E-state index >= 15 is 0 Å². The number of aliphatic hydroxyl groups is 1. The lowest BCUT2D eigenvalue weighted by atomic mass is 9.79. The zero-order chi connectivity index (χ0) is 54.0. The third-order valence-electron chi connectivity index (χ3n) is 18.0. The SMILES string of the molecule is CC1NCSC1C1CCC(CNC(=O)[C@@H]2C[C@@H](O)CN2C(=O)[C@@H](NC(=O)CCCCCCCCC(=O)NCC2CCC(COC[C@H](NC(=O)C3CCNC3)C(=O)NC3NC(C4CCCCC4)CS3)CC2)C(C)(C)C)CC1. The van der Waals surface area contributed by atoms with Crippen LogP contribution in [0.3, 0.4) is 0 Å². The number of carbonyl (C=O) groups excluding carboxylic acids is 6. The standard InChI is InChI=1S/C57H99N9O8S2/c1-37-50(76-36-61-37)42-24-22-39(23-25-42)30-60-54(72)47-28-44(67)32-66(47)55(73)51(57(2,3)4)64-49(69)17-13-8-6-5-7-12-16-48(68)59-29-38-18-20-40(21-19-38)33-74-34-45(62-52(70)43-26-27-58-31-43)53(71)65-56-63-46(35-75-56)41-14-10-9-11-15-41/h37-47,50-51,56,58,61,63,67H,5-36H2,1-4H3,(H,59,68)(H,60,72)(H,62,70)(H,64,69)(H,65,71)/t37?,38?,39?,40?,42?,43?,44-,45+,46?,47+,50?,51-,56?/m1/s1. The zero-order valence-electron chi connectivity index (χ0n) is 46.8. The molecule has 17 nitrogen and oxygen atoms in total. The van der Waals surface area contributed by atoms with Crippen LogP contribution in [0.5, 0.6) is 0 Å². The average Bonchev–Trinajstić information content (AvgIpc) is 4.27. The summed E-state index contributed by atoms with van der Waals surface area (Å²) in [6, 6.07) is -1.38. The summed E-state index contributed by atoms with van der Waals surface area (Å²) in [6.07, 6.45) is 21.2. The van der Waals surface area contributed by atoms with E-state index in [2.05, 4.69) is 49.5 Å². The van der Waals surface area contributed by atoms with Gasteiger partial charge in [-0.1, -0.05) is 65.7 Å². The quantitative estimate of drug-likeness (QED) is 0.0502. The molecule has 4 saturated heterocycles. The number of rotatable bonds is 26. The van der Waals surface area contributed by atoms with E-state index in [1.807, 2.05) is 32.5 Å². The number of unbranched alkanes of at least 4 members (excludes halogenated alkanes) is 5. The van der Waals surface area contributed by atoms with Crippen LogP contribution in [0.2, 0.25) is 0 Å². The van der Waals surface area contributed by atoms with E-state index in [9.17, 15) is 33.9 Å². The van der Waals surface area contributed by atoms with Crippen LogP contribution in [-0.2, 0) is 33.5 Å². The van der Waals surface area contributed by atoms with Crippen LogP contribution in [0.15, 0.2) is 0 Å². The highest BCUT2D eigenvalue weighted by Crippen LogP contribution is 2.39. The molecule has 4 heterocycles. The topological polar surface area (TPSA) is 231 Å². The number of likely N-dealkylation sites (tertiary alicyclic amines) is 1. The fourth-order valence-corrected chi connectivity index (χ4v) is 15.8. The van der Waals surface area contributed by atoms with Gasteiger partial charge < -0.3 is 52.0 Å². The Morgan fingerprint density at radius 3 is 2.05 bits per heavy atom. The van der Waals surface area contributed by atoms with Gasteiger partial charge in [0.15, 0.2) is 0 Å². The summed E-state index contributed by atoms with van der Waals surface area (Å²) in [4.78, 5) is 81.8. The molecule has 432 valence electrons. The van der Waals surface area contributed by atoms with Gasteiger partial charge in [-0.2, -0.15) is 0 Å². The van der Waals surface area contributed by atoms with Gasteiger partial charge in [-0.15, -0.1) is 23.5 Å². The number of hydrogen-bond donors (Lipinski definition) is 9. The fourth-order valence-electron chi connectivity index (χ4n) is 13.1. The number of thioether (sulfide) groups is 2. The lowest BCUT2D eigenvalue weighted by Gasteiger charge is -2.36. The number of hydrogen-bond acceptors (Lipinski definition) is 13. The van der Waals surface area contributed by atoms with Crippen molar-refractivity contribution in [1.82, 2.24) is 47.4 Å². The molecule has 7 rings (SSSR count). The second-order valence-electron chi connectivity index (χ2n) is 25.1. The Morgan fingerprint density at radius 2 is 1.39 bits per heavy atom. The fraction of sp³-hybridized carbons (Fsp3) is 0.895. The van der Waals surface area contributed by atoms with Crippen LogP contribution in [0.25, 0.3) is 0 Å². The first kappa shape index (κ1) is 61.0. The minimum absolute atomic E-state index is 0.0722. The lowest BCUT2D eigenvalue weighted by molar-refractivity contribution is -0.144. The maximum Gasteiger partial charge on any atom is 0.246 e. The molecule has 9 N–H and O–H groups in total. The van der Waals surface area contributed by atoms with Crippen LogP contribution in [0.1, 0.15) is 175 Å². The molecule has 0 bridgehead atoms. The van der Waals surface area contributed by atoms with Crippen LogP contribution < -0.4 is 42.5 Å². The predicted octanol–water partition coefficient (Wildman–Crippen LogP) is 5.29. The summed E-state index contributed by atoms with van der Waals surface area (Å²) >= 11 is 3.77. The van der Waals surface area contributed by atoms with Gasteiger partial charge in [0.2, 0.25) is 35.4 Å². The van der Waals surface area contributed by atoms with Crippen molar-refractivity contribution in [3.8, 4) is 0 Å². The molecule has 7 aliphatic rings. The molecule has 76 heavy (non-hydrogen) atoms. The molecule has 19 heteroatoms. The first-order valence-electron chi connectivity index (χ1n) is 30.0. The Morgan fingerprint density at radius 1 is 0.737 bits per heavy atom. The summed E-state index contributed by atoms with van der Waals surface area (Å²) in [5.41, 5.74) is -0.760. The highest BCUT2D eigenvalue weighted by molar-refractivity contribution is 8.00. The summed E-state index contributed by atoms with van der Waals surface area (Å²) in [6.45, 7) is 11.5. The van der Waals surface area contributed by atoms with Gasteiger partial charge in [0, 0.05) is 81.0 Å². The molecule has 3 aliphatic carbocycles. The van der Waals surface area contributed by atoms with Gasteiger partial charge in [0.25, 0.3) is 0 Å². The number of carbonyl (C=O) groups is 6. The molecule has 9 atom stereocenters. The average molecular weight is 1100 g/mol. The van der Waals surface area contributed by atoms with E-state index in [-0.39, 0.29) is 66.4 Å². The molecule has 5 unspecified atom stereocenters. The minimum atomic E-state index is -0.827. The number of aliphatic hydroxyl groups excluding tert-OH is 1. The van der Waals surface area contributed by atoms with Crippen LogP contribution >= 0.6 is 23.5 Å². The number of ether oxygens (including phenoxy) is 1. The van der Waals surface area contributed by atoms with Gasteiger partial charge in [-0.3, -0.25) is 34.1 Å². The Labute approximate surface area is 463 Å². The Bertz CT molecular complexity index is 1850. The summed E-state index contributed by atoms with van der Waals surface area (Å²) in [5.74, 6) is 3.54. The molecule has 0 radical (unpaired) electrons. The molecular weight excluding hydrogens is 1000 g/mol. The Kier molecular flexibility index (Phi) is 24.7. The smallest absolute Gasteiger partial charge is 0.246 e. The van der Waals surface area contributed by atoms with E-state index in [1.54, 1.807) is 11.8 Å². The first-order valence-corrected chi connectivity index (χ1v) is 32.1. The molecule has 0 aromatic carbocycles. The van der Waals surface area contributed by atoms with Crippen molar-refractivity contribution in [2.24, 2.45) is 40.9 Å². The maximum absolute atomic E-state index is 14.1. The number of nitrogens with zero attached hydrogens (tertiary/aromatic N) is 1. The van der Waals surface area contributed by atoms with Gasteiger partial charge in [0.1, 0.15) is 23.6 Å². The summed E-state index contributed by atoms with van der Waals surface area (Å²) in [7, 11) is 0. The van der Waals surface area contributed by atoms with E-state index in [4.69, 9.17) is 4.74 Å². The molecule has 3 saturated carbocycles. The van der Waals surface area contributed by atoms with Crippen molar-refractivity contribution in [3.05, 3.63) is 0 Å². The van der Waals surface area contributed by atoms with E-state index in [1.165, 1.54) is 49.8 Å². The van der Waals surface area contributed by atoms with Gasteiger partial charge in [0.05, 0.1) is 18.6 Å². The van der Waals surface area contributed by atoms with E-state index in [0.717, 1.165) is 95.2 Å². The molecular formula is C57H99N9O8S2. The van der Waals surface area contributed by atoms with Crippen molar-refractivity contribution in [2.75, 3.05) is 57.6 Å². The maximum atomic E-state index is 14.1. The Balaban J connectivity index is 0.712. The van der Waals surface area contributed by atoms with Crippen molar-refractivity contribution >= 4 is 59.0 Å². The molecule has 4 aliphatic heterocycles. The monoisotopic (exact) mass is 1100 g/mol. The molecule has 0 aromatic rings. The number of amides is 6. The lowest BCUT2D eigenvalue weighted by Crippen LogP contribution is -2.58. The van der Waals surface area contributed by atoms with Crippen molar-refractivity contribution in [2.45, 2.75) is 222 Å². The third kappa shape index (κ3) is 19.0. The van der Waals surface area contributed by atoms with Gasteiger partial charge >= 0.3 is 0 Å². The minimum Gasteiger partial charge on any atom is -0.391 e. The molecule has 0 aromatic heterocycles. The number of nitrogens with one attached hydrogen (secondary N) is 8. The molecule has 7 fully saturated rings.